The fourth-order valence-corrected chi connectivity index (χ4v) is 4.78. The second-order valence-corrected chi connectivity index (χ2v) is 7.89. The summed E-state index contributed by atoms with van der Waals surface area (Å²) in [4.78, 5) is 4.78. The molecule has 0 aromatic carbocycles. The standard InChI is InChI=1S/C12H17N3O3S2/c1-2-12(16)3-5-14(6-4-12)20(17,18)10-9-13-11-15(10)7-8-19-11/h7-9,16H,2-6H2,1H3. The highest BCUT2D eigenvalue weighted by atomic mass is 32.2. The molecule has 1 aliphatic rings. The van der Waals surface area contributed by atoms with Gasteiger partial charge in [0.1, 0.15) is 0 Å². The third-order valence-corrected chi connectivity index (χ3v) is 6.67. The molecule has 0 bridgehead atoms. The summed E-state index contributed by atoms with van der Waals surface area (Å²) in [5.41, 5.74) is -0.721. The van der Waals surface area contributed by atoms with Crippen LogP contribution >= 0.6 is 11.3 Å². The van der Waals surface area contributed by atoms with Gasteiger partial charge in [0.15, 0.2) is 9.99 Å². The molecule has 0 atom stereocenters. The van der Waals surface area contributed by atoms with Crippen molar-refractivity contribution in [2.45, 2.75) is 36.8 Å². The van der Waals surface area contributed by atoms with Crippen molar-refractivity contribution in [2.24, 2.45) is 0 Å². The van der Waals surface area contributed by atoms with Crippen LogP contribution in [0.15, 0.2) is 22.8 Å². The zero-order chi connectivity index (χ0) is 14.4. The molecule has 3 rings (SSSR count). The van der Waals surface area contributed by atoms with Crippen molar-refractivity contribution in [1.82, 2.24) is 13.7 Å². The highest BCUT2D eigenvalue weighted by Gasteiger charge is 2.37. The van der Waals surface area contributed by atoms with Gasteiger partial charge < -0.3 is 5.11 Å². The summed E-state index contributed by atoms with van der Waals surface area (Å²) >= 11 is 1.40. The van der Waals surface area contributed by atoms with E-state index in [1.807, 2.05) is 12.3 Å². The molecular weight excluding hydrogens is 298 g/mol. The zero-order valence-electron chi connectivity index (χ0n) is 11.2. The second-order valence-electron chi connectivity index (χ2n) is 5.13. The van der Waals surface area contributed by atoms with Crippen molar-refractivity contribution in [3.63, 3.8) is 0 Å². The summed E-state index contributed by atoms with van der Waals surface area (Å²) in [6, 6.07) is 0. The molecule has 0 spiro atoms. The number of hydrogen-bond acceptors (Lipinski definition) is 5. The number of rotatable bonds is 3. The Kier molecular flexibility index (Phi) is 3.36. The molecule has 1 fully saturated rings. The summed E-state index contributed by atoms with van der Waals surface area (Å²) in [6.07, 6.45) is 4.74. The van der Waals surface area contributed by atoms with Gasteiger partial charge in [-0.05, 0) is 19.3 Å². The topological polar surface area (TPSA) is 74.9 Å². The normalized spacial score (nSPS) is 20.5. The van der Waals surface area contributed by atoms with Crippen LogP contribution in [0.4, 0.5) is 0 Å². The van der Waals surface area contributed by atoms with Gasteiger partial charge in [0.2, 0.25) is 0 Å². The van der Waals surface area contributed by atoms with E-state index in [0.717, 1.165) is 0 Å². The summed E-state index contributed by atoms with van der Waals surface area (Å²) < 4.78 is 28.3. The number of hydrogen-bond donors (Lipinski definition) is 1. The Morgan fingerprint density at radius 2 is 2.15 bits per heavy atom. The molecule has 2 aromatic heterocycles. The average molecular weight is 315 g/mol. The minimum Gasteiger partial charge on any atom is -0.390 e. The molecule has 1 saturated heterocycles. The number of thiazole rings is 1. The fourth-order valence-electron chi connectivity index (χ4n) is 2.53. The van der Waals surface area contributed by atoms with E-state index in [9.17, 15) is 13.5 Å². The van der Waals surface area contributed by atoms with Gasteiger partial charge in [0.05, 0.1) is 11.8 Å². The Morgan fingerprint density at radius 3 is 2.80 bits per heavy atom. The summed E-state index contributed by atoms with van der Waals surface area (Å²) in [5, 5.41) is 12.2. The number of piperidine rings is 1. The molecule has 3 heterocycles. The molecule has 8 heteroatoms. The van der Waals surface area contributed by atoms with Gasteiger partial charge in [-0.25, -0.2) is 13.4 Å². The number of aliphatic hydroxyl groups is 1. The largest absolute Gasteiger partial charge is 0.390 e. The molecule has 0 saturated carbocycles. The molecule has 6 nitrogen and oxygen atoms in total. The molecule has 0 unspecified atom stereocenters. The van der Waals surface area contributed by atoms with E-state index in [2.05, 4.69) is 4.98 Å². The number of aromatic nitrogens is 2. The number of sulfonamides is 1. The molecule has 1 aliphatic heterocycles. The van der Waals surface area contributed by atoms with E-state index in [4.69, 9.17) is 0 Å². The van der Waals surface area contributed by atoms with Gasteiger partial charge in [-0.3, -0.25) is 4.40 Å². The minimum absolute atomic E-state index is 0.204. The van der Waals surface area contributed by atoms with Crippen LogP contribution in [0, 0.1) is 0 Å². The zero-order valence-corrected chi connectivity index (χ0v) is 12.8. The highest BCUT2D eigenvalue weighted by molar-refractivity contribution is 7.89. The Hall–Kier alpha value is -0.960. The number of nitrogens with zero attached hydrogens (tertiary/aromatic N) is 3. The van der Waals surface area contributed by atoms with Gasteiger partial charge >= 0.3 is 0 Å². The van der Waals surface area contributed by atoms with Gasteiger partial charge in [0, 0.05) is 24.7 Å². The quantitative estimate of drug-likeness (QED) is 0.927. The Balaban J connectivity index is 1.89. The monoisotopic (exact) mass is 315 g/mol. The molecule has 0 amide bonds. The molecule has 110 valence electrons. The maximum absolute atomic E-state index is 12.6. The van der Waals surface area contributed by atoms with E-state index >= 15 is 0 Å². The second kappa shape index (κ2) is 4.80. The summed E-state index contributed by atoms with van der Waals surface area (Å²) in [7, 11) is -3.54. The van der Waals surface area contributed by atoms with E-state index in [0.29, 0.717) is 37.3 Å². The van der Waals surface area contributed by atoms with Crippen LogP contribution in [0.25, 0.3) is 4.96 Å². The molecular formula is C12H17N3O3S2. The van der Waals surface area contributed by atoms with Crippen LogP contribution in [-0.4, -0.2) is 45.9 Å². The van der Waals surface area contributed by atoms with Gasteiger partial charge in [-0.15, -0.1) is 11.3 Å². The predicted octanol–water partition coefficient (Wildman–Crippen LogP) is 1.32. The van der Waals surface area contributed by atoms with E-state index in [-0.39, 0.29) is 5.03 Å². The lowest BCUT2D eigenvalue weighted by Gasteiger charge is -2.36. The van der Waals surface area contributed by atoms with E-state index in [1.165, 1.54) is 21.8 Å². The number of fused-ring (bicyclic) bond motifs is 1. The van der Waals surface area contributed by atoms with Gasteiger partial charge in [-0.2, -0.15) is 4.31 Å². The first-order valence-electron chi connectivity index (χ1n) is 6.59. The van der Waals surface area contributed by atoms with Crippen molar-refractivity contribution in [2.75, 3.05) is 13.1 Å². The SMILES string of the molecule is CCC1(O)CCN(S(=O)(=O)c2cnc3sccn23)CC1. The van der Waals surface area contributed by atoms with Crippen LogP contribution < -0.4 is 0 Å². The predicted molar refractivity (Wildman–Crippen MR) is 76.3 cm³/mol. The van der Waals surface area contributed by atoms with Crippen molar-refractivity contribution in [1.29, 1.82) is 0 Å². The molecule has 0 radical (unpaired) electrons. The maximum Gasteiger partial charge on any atom is 0.260 e. The third kappa shape index (κ3) is 2.16. The van der Waals surface area contributed by atoms with Crippen molar-refractivity contribution in [3.05, 3.63) is 17.8 Å². The minimum atomic E-state index is -3.54. The van der Waals surface area contributed by atoms with Crippen LogP contribution in [0.3, 0.4) is 0 Å². The molecule has 1 N–H and O–H groups in total. The first-order valence-corrected chi connectivity index (χ1v) is 8.91. The van der Waals surface area contributed by atoms with Crippen LogP contribution in [0.2, 0.25) is 0 Å². The molecule has 0 aliphatic carbocycles. The first-order chi connectivity index (χ1) is 9.46. The summed E-state index contributed by atoms with van der Waals surface area (Å²) in [5.74, 6) is 0. The maximum atomic E-state index is 12.6. The lowest BCUT2D eigenvalue weighted by Crippen LogP contribution is -2.46. The van der Waals surface area contributed by atoms with Gasteiger partial charge in [0.25, 0.3) is 10.0 Å². The Morgan fingerprint density at radius 1 is 1.45 bits per heavy atom. The van der Waals surface area contributed by atoms with E-state index < -0.39 is 15.6 Å². The van der Waals surface area contributed by atoms with Crippen molar-refractivity contribution >= 4 is 26.3 Å². The van der Waals surface area contributed by atoms with Crippen LogP contribution in [0.1, 0.15) is 26.2 Å². The highest BCUT2D eigenvalue weighted by Crippen LogP contribution is 2.29. The Bertz CT molecular complexity index is 711. The van der Waals surface area contributed by atoms with Crippen LogP contribution in [-0.2, 0) is 10.0 Å². The number of imidazole rings is 1. The molecule has 20 heavy (non-hydrogen) atoms. The van der Waals surface area contributed by atoms with Gasteiger partial charge in [-0.1, -0.05) is 6.92 Å². The first kappa shape index (κ1) is 14.0. The fraction of sp³-hybridized carbons (Fsp3) is 0.583. The summed E-state index contributed by atoms with van der Waals surface area (Å²) in [6.45, 7) is 2.63. The third-order valence-electron chi connectivity index (χ3n) is 4.03. The smallest absolute Gasteiger partial charge is 0.260 e. The van der Waals surface area contributed by atoms with Crippen LogP contribution in [0.5, 0.6) is 0 Å². The van der Waals surface area contributed by atoms with E-state index in [1.54, 1.807) is 10.6 Å². The lowest BCUT2D eigenvalue weighted by molar-refractivity contribution is -0.00806. The lowest BCUT2D eigenvalue weighted by atomic mass is 9.90. The Labute approximate surface area is 121 Å². The van der Waals surface area contributed by atoms with Crippen molar-refractivity contribution < 1.29 is 13.5 Å². The average Bonchev–Trinajstić information content (AvgIpc) is 3.01. The molecule has 2 aromatic rings. The van der Waals surface area contributed by atoms with Crippen molar-refractivity contribution in [3.8, 4) is 0 Å².